The van der Waals surface area contributed by atoms with Crippen LogP contribution in [0.1, 0.15) is 0 Å². The second-order valence-corrected chi connectivity index (χ2v) is 15.1. The predicted octanol–water partition coefficient (Wildman–Crippen LogP) is 13.7. The van der Waals surface area contributed by atoms with E-state index in [1.807, 2.05) is 36.4 Å². The highest BCUT2D eigenvalue weighted by atomic mass is 32.1. The van der Waals surface area contributed by atoms with Crippen LogP contribution in [0, 0.1) is 0 Å². The molecule has 56 heavy (non-hydrogen) atoms. The highest BCUT2D eigenvalue weighted by Gasteiger charge is 2.21. The summed E-state index contributed by atoms with van der Waals surface area (Å²) in [6.07, 6.45) is 0. The molecule has 5 heteroatoms. The molecule has 0 amide bonds. The van der Waals surface area contributed by atoms with E-state index < -0.39 is 0 Å². The van der Waals surface area contributed by atoms with Gasteiger partial charge in [-0.1, -0.05) is 158 Å². The Morgan fingerprint density at radius 2 is 0.875 bits per heavy atom. The van der Waals surface area contributed by atoms with Crippen LogP contribution in [0.15, 0.2) is 194 Å². The van der Waals surface area contributed by atoms with E-state index in [1.54, 1.807) is 11.3 Å². The van der Waals surface area contributed by atoms with Crippen molar-refractivity contribution in [3.8, 4) is 62.1 Å². The molecule has 0 N–H and O–H groups in total. The summed E-state index contributed by atoms with van der Waals surface area (Å²) in [6.45, 7) is 0. The number of hydrogen-bond donors (Lipinski definition) is 0. The first-order valence-electron chi connectivity index (χ1n) is 18.8. The predicted molar refractivity (Wildman–Crippen MR) is 234 cm³/mol. The van der Waals surface area contributed by atoms with E-state index >= 15 is 0 Å². The molecule has 0 fully saturated rings. The van der Waals surface area contributed by atoms with Crippen molar-refractivity contribution in [2.45, 2.75) is 0 Å². The van der Waals surface area contributed by atoms with Gasteiger partial charge in [0.1, 0.15) is 0 Å². The first-order valence-corrected chi connectivity index (χ1v) is 19.6. The molecule has 0 atom stereocenters. The van der Waals surface area contributed by atoms with Gasteiger partial charge in [-0.3, -0.25) is 0 Å². The van der Waals surface area contributed by atoms with Crippen molar-refractivity contribution >= 4 is 53.3 Å². The number of nitrogens with zero attached hydrogens (tertiary/aromatic N) is 4. The summed E-state index contributed by atoms with van der Waals surface area (Å²) in [6, 6.07) is 68.7. The fraction of sp³-hybridized carbons (Fsp3) is 0. The zero-order chi connectivity index (χ0) is 37.0. The van der Waals surface area contributed by atoms with Gasteiger partial charge in [0.25, 0.3) is 0 Å². The highest BCUT2D eigenvalue weighted by molar-refractivity contribution is 7.26. The Balaban J connectivity index is 1.18. The lowest BCUT2D eigenvalue weighted by molar-refractivity contribution is 1.07. The standard InChI is InChI=1S/C51H32N4S/c1-4-15-33(16-5-1)36-21-14-22-37(29-36)38-27-28-41-40-23-10-12-25-45(40)55(46(41)30-38)39-31-43-42-24-11-13-26-47(42)56-48(43)44(32-39)51-53-49(34-17-6-2-7-18-34)52-50(54-51)35-19-8-3-9-20-35/h1-32H. The molecule has 3 heterocycles. The average Bonchev–Trinajstić information content (AvgIpc) is 3.82. The number of fused-ring (bicyclic) bond motifs is 6. The topological polar surface area (TPSA) is 43.6 Å². The lowest BCUT2D eigenvalue weighted by atomic mass is 9.98. The molecule has 0 saturated heterocycles. The molecule has 11 aromatic rings. The number of aromatic nitrogens is 4. The summed E-state index contributed by atoms with van der Waals surface area (Å²) in [5, 5.41) is 4.81. The molecule has 3 aromatic heterocycles. The van der Waals surface area contributed by atoms with Crippen molar-refractivity contribution in [2.24, 2.45) is 0 Å². The monoisotopic (exact) mass is 732 g/mol. The molecular weight excluding hydrogens is 701 g/mol. The van der Waals surface area contributed by atoms with Crippen LogP contribution in [0.5, 0.6) is 0 Å². The highest BCUT2D eigenvalue weighted by Crippen LogP contribution is 2.43. The third-order valence-corrected chi connectivity index (χ3v) is 11.9. The van der Waals surface area contributed by atoms with Crippen molar-refractivity contribution in [3.63, 3.8) is 0 Å². The van der Waals surface area contributed by atoms with Crippen LogP contribution in [-0.2, 0) is 0 Å². The van der Waals surface area contributed by atoms with Gasteiger partial charge in [-0.05, 0) is 58.7 Å². The lowest BCUT2D eigenvalue weighted by Gasteiger charge is -2.14. The number of hydrogen-bond acceptors (Lipinski definition) is 4. The minimum atomic E-state index is 0.647. The Labute approximate surface area is 327 Å². The van der Waals surface area contributed by atoms with Crippen molar-refractivity contribution < 1.29 is 0 Å². The summed E-state index contributed by atoms with van der Waals surface area (Å²) in [5.41, 5.74) is 11.0. The molecular formula is C51H32N4S. The second kappa shape index (κ2) is 13.3. The summed E-state index contributed by atoms with van der Waals surface area (Å²) < 4.78 is 4.80. The second-order valence-electron chi connectivity index (χ2n) is 14.0. The zero-order valence-corrected chi connectivity index (χ0v) is 31.0. The third kappa shape index (κ3) is 5.48. The first-order chi connectivity index (χ1) is 27.7. The number of thiophene rings is 1. The summed E-state index contributed by atoms with van der Waals surface area (Å²) in [4.78, 5) is 15.5. The SMILES string of the molecule is c1ccc(-c2cccc(-c3ccc4c5ccccc5n(-c5cc(-c6nc(-c7ccccc7)nc(-c7ccccc7)n6)c6sc7ccccc7c6c5)c4c3)c2)cc1. The molecule has 0 unspecified atom stereocenters. The van der Waals surface area contributed by atoms with Gasteiger partial charge in [0.15, 0.2) is 17.5 Å². The smallest absolute Gasteiger partial charge is 0.165 e. The van der Waals surface area contributed by atoms with Gasteiger partial charge >= 0.3 is 0 Å². The Hall–Kier alpha value is -7.21. The largest absolute Gasteiger partial charge is 0.309 e. The lowest BCUT2D eigenvalue weighted by Crippen LogP contribution is -2.01. The van der Waals surface area contributed by atoms with Gasteiger partial charge in [-0.25, -0.2) is 15.0 Å². The summed E-state index contributed by atoms with van der Waals surface area (Å²) >= 11 is 1.79. The molecule has 0 aliphatic carbocycles. The minimum Gasteiger partial charge on any atom is -0.309 e. The maximum atomic E-state index is 5.23. The fourth-order valence-electron chi connectivity index (χ4n) is 7.97. The van der Waals surface area contributed by atoms with E-state index in [2.05, 4.69) is 162 Å². The van der Waals surface area contributed by atoms with Gasteiger partial charge in [0, 0.05) is 53.3 Å². The molecule has 11 rings (SSSR count). The van der Waals surface area contributed by atoms with Crippen LogP contribution in [0.4, 0.5) is 0 Å². The maximum absolute atomic E-state index is 5.23. The third-order valence-electron chi connectivity index (χ3n) is 10.6. The Morgan fingerprint density at radius 3 is 1.59 bits per heavy atom. The van der Waals surface area contributed by atoms with Gasteiger partial charge in [-0.15, -0.1) is 11.3 Å². The van der Waals surface area contributed by atoms with Crippen molar-refractivity contribution in [1.29, 1.82) is 0 Å². The van der Waals surface area contributed by atoms with Crippen LogP contribution in [0.25, 0.3) is 104 Å². The number of para-hydroxylation sites is 1. The minimum absolute atomic E-state index is 0.647. The quantitative estimate of drug-likeness (QED) is 0.171. The van der Waals surface area contributed by atoms with E-state index in [0.717, 1.165) is 38.1 Å². The zero-order valence-electron chi connectivity index (χ0n) is 30.2. The molecule has 4 nitrogen and oxygen atoms in total. The van der Waals surface area contributed by atoms with Gasteiger partial charge in [0.05, 0.1) is 11.0 Å². The molecule has 0 aliphatic heterocycles. The Bertz CT molecular complexity index is 3180. The van der Waals surface area contributed by atoms with Crippen LogP contribution < -0.4 is 0 Å². The van der Waals surface area contributed by atoms with Crippen molar-refractivity contribution in [3.05, 3.63) is 194 Å². The van der Waals surface area contributed by atoms with Crippen LogP contribution >= 0.6 is 11.3 Å². The Morgan fingerprint density at radius 1 is 0.339 bits per heavy atom. The fourth-order valence-corrected chi connectivity index (χ4v) is 9.17. The first kappa shape index (κ1) is 32.2. The average molecular weight is 733 g/mol. The molecule has 0 bridgehead atoms. The van der Waals surface area contributed by atoms with Gasteiger partial charge < -0.3 is 4.57 Å². The summed E-state index contributed by atoms with van der Waals surface area (Å²) in [7, 11) is 0. The van der Waals surface area contributed by atoms with E-state index in [0.29, 0.717) is 17.5 Å². The Kier molecular flexibility index (Phi) is 7.64. The van der Waals surface area contributed by atoms with Crippen molar-refractivity contribution in [2.75, 3.05) is 0 Å². The van der Waals surface area contributed by atoms with Crippen LogP contribution in [0.2, 0.25) is 0 Å². The van der Waals surface area contributed by atoms with Crippen LogP contribution in [0.3, 0.4) is 0 Å². The van der Waals surface area contributed by atoms with E-state index in [4.69, 9.17) is 15.0 Å². The van der Waals surface area contributed by atoms with Gasteiger partial charge in [-0.2, -0.15) is 0 Å². The summed E-state index contributed by atoms with van der Waals surface area (Å²) in [5.74, 6) is 1.94. The molecule has 0 saturated carbocycles. The number of rotatable bonds is 6. The van der Waals surface area contributed by atoms with E-state index in [9.17, 15) is 0 Å². The van der Waals surface area contributed by atoms with Crippen LogP contribution in [-0.4, -0.2) is 19.5 Å². The molecule has 0 radical (unpaired) electrons. The molecule has 8 aromatic carbocycles. The van der Waals surface area contributed by atoms with E-state index in [-0.39, 0.29) is 0 Å². The van der Waals surface area contributed by atoms with Gasteiger partial charge in [0.2, 0.25) is 0 Å². The van der Waals surface area contributed by atoms with Crippen molar-refractivity contribution in [1.82, 2.24) is 19.5 Å². The molecule has 262 valence electrons. The normalized spacial score (nSPS) is 11.6. The maximum Gasteiger partial charge on any atom is 0.165 e. The molecule has 0 spiro atoms. The van der Waals surface area contributed by atoms with E-state index in [1.165, 1.54) is 48.5 Å². The number of benzene rings is 8. The molecule has 0 aliphatic rings.